The summed E-state index contributed by atoms with van der Waals surface area (Å²) in [5.74, 6) is 0.694. The highest BCUT2D eigenvalue weighted by molar-refractivity contribution is 5.37. The number of rotatable bonds is 2. The number of anilines is 1. The third kappa shape index (κ3) is 2.21. The SMILES string of the molecule is N#CC1(c2ccccc2)CCN(c2ncncn2)CC1. The summed E-state index contributed by atoms with van der Waals surface area (Å²) < 4.78 is 0. The van der Waals surface area contributed by atoms with Crippen molar-refractivity contribution >= 4 is 5.95 Å². The number of hydrogen-bond acceptors (Lipinski definition) is 5. The predicted molar refractivity (Wildman–Crippen MR) is 75.0 cm³/mol. The minimum atomic E-state index is -0.384. The minimum absolute atomic E-state index is 0.384. The monoisotopic (exact) mass is 265 g/mol. The topological polar surface area (TPSA) is 65.7 Å². The summed E-state index contributed by atoms with van der Waals surface area (Å²) in [5.41, 5.74) is 0.725. The molecule has 0 bridgehead atoms. The van der Waals surface area contributed by atoms with Crippen LogP contribution in [0.15, 0.2) is 43.0 Å². The van der Waals surface area contributed by atoms with Crippen LogP contribution < -0.4 is 4.90 Å². The van der Waals surface area contributed by atoms with Gasteiger partial charge in [-0.3, -0.25) is 0 Å². The summed E-state index contributed by atoms with van der Waals surface area (Å²) in [4.78, 5) is 14.3. The molecular weight excluding hydrogens is 250 g/mol. The molecule has 3 rings (SSSR count). The highest BCUT2D eigenvalue weighted by Crippen LogP contribution is 2.35. The van der Waals surface area contributed by atoms with E-state index in [0.29, 0.717) is 5.95 Å². The van der Waals surface area contributed by atoms with E-state index in [1.165, 1.54) is 12.7 Å². The molecule has 0 N–H and O–H groups in total. The third-order valence-corrected chi connectivity index (χ3v) is 3.92. The third-order valence-electron chi connectivity index (χ3n) is 3.92. The van der Waals surface area contributed by atoms with Crippen LogP contribution in [0.5, 0.6) is 0 Å². The molecule has 2 heterocycles. The minimum Gasteiger partial charge on any atom is -0.341 e. The van der Waals surface area contributed by atoms with Crippen molar-refractivity contribution in [1.82, 2.24) is 15.0 Å². The standard InChI is InChI=1S/C15H15N5/c16-10-15(13-4-2-1-3-5-13)6-8-20(9-7-15)14-18-11-17-12-19-14/h1-5,11-12H,6-9H2. The molecule has 2 aromatic rings. The number of nitriles is 1. The Morgan fingerprint density at radius 2 is 1.70 bits per heavy atom. The van der Waals surface area contributed by atoms with Gasteiger partial charge >= 0.3 is 0 Å². The molecule has 0 saturated carbocycles. The molecule has 1 aromatic heterocycles. The first-order valence-electron chi connectivity index (χ1n) is 6.68. The Kier molecular flexibility index (Phi) is 3.30. The highest BCUT2D eigenvalue weighted by atomic mass is 15.3. The number of benzene rings is 1. The van der Waals surface area contributed by atoms with Crippen LogP contribution in [-0.4, -0.2) is 28.0 Å². The van der Waals surface area contributed by atoms with Crippen LogP contribution in [0, 0.1) is 11.3 Å². The molecule has 0 radical (unpaired) electrons. The summed E-state index contributed by atoms with van der Waals surface area (Å²) in [6, 6.07) is 12.6. The lowest BCUT2D eigenvalue weighted by Gasteiger charge is -2.37. The van der Waals surface area contributed by atoms with Crippen molar-refractivity contribution in [2.24, 2.45) is 0 Å². The highest BCUT2D eigenvalue weighted by Gasteiger charge is 2.36. The lowest BCUT2D eigenvalue weighted by molar-refractivity contribution is 0.412. The summed E-state index contributed by atoms with van der Waals surface area (Å²) in [6.45, 7) is 1.57. The summed E-state index contributed by atoms with van der Waals surface area (Å²) >= 11 is 0. The number of hydrogen-bond donors (Lipinski definition) is 0. The van der Waals surface area contributed by atoms with Crippen LogP contribution in [-0.2, 0) is 5.41 Å². The van der Waals surface area contributed by atoms with Gasteiger partial charge in [-0.25, -0.2) is 15.0 Å². The predicted octanol–water partition coefficient (Wildman–Crippen LogP) is 1.93. The van der Waals surface area contributed by atoms with Gasteiger partial charge in [0.05, 0.1) is 11.5 Å². The normalized spacial score (nSPS) is 17.4. The zero-order valence-electron chi connectivity index (χ0n) is 11.1. The second-order valence-electron chi connectivity index (χ2n) is 4.99. The molecule has 0 amide bonds. The van der Waals surface area contributed by atoms with Crippen LogP contribution in [0.4, 0.5) is 5.95 Å². The van der Waals surface area contributed by atoms with Crippen LogP contribution in [0.1, 0.15) is 18.4 Å². The van der Waals surface area contributed by atoms with Crippen molar-refractivity contribution in [3.63, 3.8) is 0 Å². The van der Waals surface area contributed by atoms with Crippen molar-refractivity contribution in [3.8, 4) is 6.07 Å². The zero-order valence-corrected chi connectivity index (χ0v) is 11.1. The molecule has 0 unspecified atom stereocenters. The van der Waals surface area contributed by atoms with Crippen molar-refractivity contribution in [2.75, 3.05) is 18.0 Å². The first-order chi connectivity index (χ1) is 9.84. The van der Waals surface area contributed by atoms with E-state index in [4.69, 9.17) is 0 Å². The number of nitrogens with zero attached hydrogens (tertiary/aromatic N) is 5. The molecule has 1 saturated heterocycles. The fourth-order valence-corrected chi connectivity index (χ4v) is 2.71. The Morgan fingerprint density at radius 3 is 2.30 bits per heavy atom. The van der Waals surface area contributed by atoms with E-state index in [0.717, 1.165) is 31.5 Å². The van der Waals surface area contributed by atoms with Crippen molar-refractivity contribution in [2.45, 2.75) is 18.3 Å². The average molecular weight is 265 g/mol. The molecule has 0 spiro atoms. The maximum Gasteiger partial charge on any atom is 0.228 e. The second kappa shape index (κ2) is 5.25. The Labute approximate surface area is 117 Å². The van der Waals surface area contributed by atoms with Gasteiger partial charge in [0.15, 0.2) is 0 Å². The molecule has 20 heavy (non-hydrogen) atoms. The van der Waals surface area contributed by atoms with E-state index in [1.54, 1.807) is 0 Å². The summed E-state index contributed by atoms with van der Waals surface area (Å²) in [5, 5.41) is 9.64. The van der Waals surface area contributed by atoms with Crippen molar-refractivity contribution in [1.29, 1.82) is 5.26 Å². The Bertz CT molecular complexity index is 597. The fourth-order valence-electron chi connectivity index (χ4n) is 2.71. The maximum absolute atomic E-state index is 9.64. The van der Waals surface area contributed by atoms with Gasteiger partial charge in [0.1, 0.15) is 12.7 Å². The van der Waals surface area contributed by atoms with Gasteiger partial charge in [0.25, 0.3) is 0 Å². The summed E-state index contributed by atoms with van der Waals surface area (Å²) in [7, 11) is 0. The lowest BCUT2D eigenvalue weighted by atomic mass is 9.74. The van der Waals surface area contributed by atoms with E-state index in [1.807, 2.05) is 30.3 Å². The summed E-state index contributed by atoms with van der Waals surface area (Å²) in [6.07, 6.45) is 4.59. The first-order valence-corrected chi connectivity index (χ1v) is 6.68. The van der Waals surface area contributed by atoms with E-state index < -0.39 is 0 Å². The van der Waals surface area contributed by atoms with Gasteiger partial charge in [-0.2, -0.15) is 5.26 Å². The van der Waals surface area contributed by atoms with Crippen molar-refractivity contribution < 1.29 is 0 Å². The Hall–Kier alpha value is -2.48. The largest absolute Gasteiger partial charge is 0.341 e. The Morgan fingerprint density at radius 1 is 1.05 bits per heavy atom. The fraction of sp³-hybridized carbons (Fsp3) is 0.333. The van der Waals surface area contributed by atoms with E-state index in [2.05, 4.69) is 25.9 Å². The smallest absolute Gasteiger partial charge is 0.228 e. The molecular formula is C15H15N5. The van der Waals surface area contributed by atoms with Crippen molar-refractivity contribution in [3.05, 3.63) is 48.5 Å². The molecule has 1 aromatic carbocycles. The number of aromatic nitrogens is 3. The van der Waals surface area contributed by atoms with Gasteiger partial charge in [0, 0.05) is 13.1 Å². The second-order valence-corrected chi connectivity index (χ2v) is 4.99. The van der Waals surface area contributed by atoms with Gasteiger partial charge in [0.2, 0.25) is 5.95 Å². The van der Waals surface area contributed by atoms with Gasteiger partial charge < -0.3 is 4.90 Å². The van der Waals surface area contributed by atoms with Crippen LogP contribution in [0.3, 0.4) is 0 Å². The molecule has 1 aliphatic rings. The molecule has 5 heteroatoms. The van der Waals surface area contributed by atoms with Crippen LogP contribution in [0.2, 0.25) is 0 Å². The molecule has 1 aliphatic heterocycles. The quantitative estimate of drug-likeness (QED) is 0.830. The van der Waals surface area contributed by atoms with Gasteiger partial charge in [-0.05, 0) is 18.4 Å². The molecule has 0 aliphatic carbocycles. The molecule has 0 atom stereocenters. The number of piperidine rings is 1. The molecule has 1 fully saturated rings. The zero-order chi connectivity index (χ0) is 13.8. The van der Waals surface area contributed by atoms with E-state index >= 15 is 0 Å². The van der Waals surface area contributed by atoms with E-state index in [-0.39, 0.29) is 5.41 Å². The molecule has 5 nitrogen and oxygen atoms in total. The van der Waals surface area contributed by atoms with E-state index in [9.17, 15) is 5.26 Å². The van der Waals surface area contributed by atoms with Gasteiger partial charge in [-0.1, -0.05) is 30.3 Å². The molecule has 100 valence electrons. The lowest BCUT2D eigenvalue weighted by Crippen LogP contribution is -2.42. The van der Waals surface area contributed by atoms with Gasteiger partial charge in [-0.15, -0.1) is 0 Å². The van der Waals surface area contributed by atoms with Crippen LogP contribution in [0.25, 0.3) is 0 Å². The van der Waals surface area contributed by atoms with Crippen LogP contribution >= 0.6 is 0 Å². The maximum atomic E-state index is 9.64. The Balaban J connectivity index is 1.79. The average Bonchev–Trinajstić information content (AvgIpc) is 2.56. The first kappa shape index (κ1) is 12.5.